The summed E-state index contributed by atoms with van der Waals surface area (Å²) in [7, 11) is 0. The molecule has 0 radical (unpaired) electrons. The van der Waals surface area contributed by atoms with Crippen molar-refractivity contribution >= 4 is 40.7 Å². The van der Waals surface area contributed by atoms with Gasteiger partial charge in [0.2, 0.25) is 0 Å². The molecular formula is C8H2Cl3NO. The Balaban J connectivity index is 3.36. The summed E-state index contributed by atoms with van der Waals surface area (Å²) in [6, 6.07) is 2.80. The molecule has 0 aliphatic rings. The highest BCUT2D eigenvalue weighted by atomic mass is 35.5. The standard InChI is InChI=1S/C8H2Cl3NO/c1-12-8(13)4-2-3-5(9)7(11)6(4)10/h2-3H. The number of nitrogens with zero attached hydrogens (tertiary/aromatic N) is 1. The third kappa shape index (κ3) is 1.94. The fraction of sp³-hybridized carbons (Fsp3) is 0. The summed E-state index contributed by atoms with van der Waals surface area (Å²) in [5.41, 5.74) is 0.0751. The van der Waals surface area contributed by atoms with E-state index in [1.807, 2.05) is 0 Å². The molecule has 0 N–H and O–H groups in total. The molecule has 0 fully saturated rings. The first-order valence-electron chi connectivity index (χ1n) is 3.13. The normalized spacial score (nSPS) is 9.38. The first-order valence-corrected chi connectivity index (χ1v) is 4.26. The van der Waals surface area contributed by atoms with Crippen molar-refractivity contribution < 1.29 is 4.79 Å². The molecule has 1 amide bonds. The average Bonchev–Trinajstić information content (AvgIpc) is 2.13. The number of hydrogen-bond acceptors (Lipinski definition) is 1. The van der Waals surface area contributed by atoms with Gasteiger partial charge in [-0.2, -0.15) is 4.85 Å². The molecular weight excluding hydrogens is 232 g/mol. The molecule has 1 rings (SSSR count). The summed E-state index contributed by atoms with van der Waals surface area (Å²) < 4.78 is 0. The molecule has 1 aromatic carbocycles. The Kier molecular flexibility index (Phi) is 3.16. The molecule has 0 saturated carbocycles. The molecule has 0 bridgehead atoms. The zero-order chi connectivity index (χ0) is 10.0. The highest BCUT2D eigenvalue weighted by Gasteiger charge is 2.14. The van der Waals surface area contributed by atoms with Gasteiger partial charge < -0.3 is 4.79 Å². The molecule has 0 saturated heterocycles. The van der Waals surface area contributed by atoms with Crippen LogP contribution in [-0.2, 0) is 0 Å². The zero-order valence-electron chi connectivity index (χ0n) is 6.14. The van der Waals surface area contributed by atoms with Crippen molar-refractivity contribution in [2.75, 3.05) is 0 Å². The van der Waals surface area contributed by atoms with Gasteiger partial charge in [-0.05, 0) is 6.07 Å². The summed E-state index contributed by atoms with van der Waals surface area (Å²) >= 11 is 17.0. The minimum absolute atomic E-state index is 0.0233. The lowest BCUT2D eigenvalue weighted by Crippen LogP contribution is -1.93. The molecule has 66 valence electrons. The fourth-order valence-corrected chi connectivity index (χ4v) is 1.37. The van der Waals surface area contributed by atoms with Crippen LogP contribution in [0.1, 0.15) is 10.4 Å². The Morgan fingerprint density at radius 1 is 1.23 bits per heavy atom. The van der Waals surface area contributed by atoms with E-state index in [0.717, 1.165) is 0 Å². The average molecular weight is 234 g/mol. The van der Waals surface area contributed by atoms with E-state index < -0.39 is 5.91 Å². The Morgan fingerprint density at radius 3 is 2.38 bits per heavy atom. The van der Waals surface area contributed by atoms with E-state index in [1.165, 1.54) is 12.1 Å². The van der Waals surface area contributed by atoms with Crippen LogP contribution in [-0.4, -0.2) is 5.91 Å². The van der Waals surface area contributed by atoms with Gasteiger partial charge in [0.25, 0.3) is 0 Å². The molecule has 5 heteroatoms. The second kappa shape index (κ2) is 3.97. The van der Waals surface area contributed by atoms with Crippen LogP contribution >= 0.6 is 34.8 Å². The number of rotatable bonds is 1. The Bertz CT molecular complexity index is 409. The highest BCUT2D eigenvalue weighted by Crippen LogP contribution is 2.32. The third-order valence-corrected chi connectivity index (χ3v) is 2.66. The zero-order valence-corrected chi connectivity index (χ0v) is 8.41. The van der Waals surface area contributed by atoms with Crippen LogP contribution in [0.2, 0.25) is 15.1 Å². The number of carbonyl (C=O) groups is 1. The molecule has 0 spiro atoms. The van der Waals surface area contributed by atoms with Crippen molar-refractivity contribution in [2.24, 2.45) is 0 Å². The first-order chi connectivity index (χ1) is 6.07. The number of benzene rings is 1. The predicted molar refractivity (Wildman–Crippen MR) is 52.4 cm³/mol. The molecule has 0 unspecified atom stereocenters. The lowest BCUT2D eigenvalue weighted by Gasteiger charge is -2.01. The molecule has 0 heterocycles. The topological polar surface area (TPSA) is 21.4 Å². The summed E-state index contributed by atoms with van der Waals surface area (Å²) in [6.45, 7) is 6.51. The minimum atomic E-state index is -0.747. The molecule has 2 nitrogen and oxygen atoms in total. The van der Waals surface area contributed by atoms with E-state index in [9.17, 15) is 4.79 Å². The van der Waals surface area contributed by atoms with Gasteiger partial charge in [0, 0.05) is 5.56 Å². The van der Waals surface area contributed by atoms with Crippen molar-refractivity contribution in [3.63, 3.8) is 0 Å². The number of amides is 1. The van der Waals surface area contributed by atoms with Gasteiger partial charge in [0.1, 0.15) is 0 Å². The van der Waals surface area contributed by atoms with Gasteiger partial charge in [-0.25, -0.2) is 0 Å². The third-order valence-electron chi connectivity index (χ3n) is 1.37. The van der Waals surface area contributed by atoms with E-state index in [0.29, 0.717) is 0 Å². The van der Waals surface area contributed by atoms with Gasteiger partial charge in [0.15, 0.2) is 0 Å². The van der Waals surface area contributed by atoms with Crippen molar-refractivity contribution in [1.29, 1.82) is 0 Å². The molecule has 1 aromatic rings. The Hall–Kier alpha value is -0.750. The van der Waals surface area contributed by atoms with Crippen molar-refractivity contribution in [3.05, 3.63) is 44.2 Å². The van der Waals surface area contributed by atoms with Crippen LogP contribution in [0.15, 0.2) is 12.1 Å². The molecule has 13 heavy (non-hydrogen) atoms. The van der Waals surface area contributed by atoms with Crippen LogP contribution in [0, 0.1) is 6.57 Å². The summed E-state index contributed by atoms with van der Waals surface area (Å²) in [5, 5.41) is 0.376. The molecule has 0 aromatic heterocycles. The smallest absolute Gasteiger partial charge is 0.310 e. The van der Waals surface area contributed by atoms with Crippen LogP contribution in [0.25, 0.3) is 4.85 Å². The van der Waals surface area contributed by atoms with Gasteiger partial charge in [-0.1, -0.05) is 40.9 Å². The summed E-state index contributed by atoms with van der Waals surface area (Å²) in [5.74, 6) is -0.747. The Labute approximate surface area is 89.8 Å². The minimum Gasteiger partial charge on any atom is -0.310 e. The second-order valence-corrected chi connectivity index (χ2v) is 3.30. The quantitative estimate of drug-likeness (QED) is 0.536. The SMILES string of the molecule is [C-]#[N+]C(=O)c1ccc(Cl)c(Cl)c1Cl. The van der Waals surface area contributed by atoms with E-state index in [1.54, 1.807) is 0 Å². The van der Waals surface area contributed by atoms with Crippen molar-refractivity contribution in [3.8, 4) is 0 Å². The number of hydrogen-bond donors (Lipinski definition) is 0. The maximum Gasteiger partial charge on any atom is 0.387 e. The Morgan fingerprint density at radius 2 is 1.85 bits per heavy atom. The van der Waals surface area contributed by atoms with Gasteiger partial charge >= 0.3 is 5.91 Å². The maximum atomic E-state index is 11.0. The second-order valence-electron chi connectivity index (χ2n) is 2.14. The van der Waals surface area contributed by atoms with E-state index >= 15 is 0 Å². The van der Waals surface area contributed by atoms with Crippen LogP contribution in [0.4, 0.5) is 0 Å². The van der Waals surface area contributed by atoms with Gasteiger partial charge in [-0.15, -0.1) is 0 Å². The lowest BCUT2D eigenvalue weighted by molar-refractivity contribution is 0.104. The lowest BCUT2D eigenvalue weighted by atomic mass is 10.2. The van der Waals surface area contributed by atoms with Gasteiger partial charge in [0.05, 0.1) is 21.6 Å². The molecule has 0 atom stereocenters. The summed E-state index contributed by atoms with van der Waals surface area (Å²) in [4.78, 5) is 13.7. The van der Waals surface area contributed by atoms with Crippen LogP contribution in [0.5, 0.6) is 0 Å². The largest absolute Gasteiger partial charge is 0.387 e. The van der Waals surface area contributed by atoms with Crippen LogP contribution in [0.3, 0.4) is 0 Å². The predicted octanol–water partition coefficient (Wildman–Crippen LogP) is 3.71. The highest BCUT2D eigenvalue weighted by molar-refractivity contribution is 6.49. The van der Waals surface area contributed by atoms with Gasteiger partial charge in [-0.3, -0.25) is 0 Å². The summed E-state index contributed by atoms with van der Waals surface area (Å²) in [6.07, 6.45) is 0. The van der Waals surface area contributed by atoms with E-state index in [2.05, 4.69) is 4.85 Å². The van der Waals surface area contributed by atoms with E-state index in [-0.39, 0.29) is 20.6 Å². The molecule has 0 aliphatic heterocycles. The van der Waals surface area contributed by atoms with Crippen molar-refractivity contribution in [1.82, 2.24) is 0 Å². The molecule has 0 aliphatic carbocycles. The van der Waals surface area contributed by atoms with Crippen molar-refractivity contribution in [2.45, 2.75) is 0 Å². The van der Waals surface area contributed by atoms with E-state index in [4.69, 9.17) is 41.4 Å². The number of carbonyl (C=O) groups excluding carboxylic acids is 1. The number of halogens is 3. The monoisotopic (exact) mass is 233 g/mol. The van der Waals surface area contributed by atoms with Crippen LogP contribution < -0.4 is 0 Å². The fourth-order valence-electron chi connectivity index (χ4n) is 0.751. The maximum absolute atomic E-state index is 11.0. The first kappa shape index (κ1) is 10.3.